The van der Waals surface area contributed by atoms with Gasteiger partial charge in [-0.15, -0.1) is 0 Å². The van der Waals surface area contributed by atoms with Crippen molar-refractivity contribution in [3.63, 3.8) is 0 Å². The Hall–Kier alpha value is -4.27. The van der Waals surface area contributed by atoms with E-state index in [2.05, 4.69) is 25.1 Å². The Labute approximate surface area is 194 Å². The van der Waals surface area contributed by atoms with Crippen LogP contribution in [0.1, 0.15) is 6.92 Å². The topological polar surface area (TPSA) is 180 Å². The van der Waals surface area contributed by atoms with E-state index in [-0.39, 0.29) is 40.7 Å². The third kappa shape index (κ3) is 5.94. The van der Waals surface area contributed by atoms with Crippen molar-refractivity contribution in [2.24, 2.45) is 5.92 Å². The fourth-order valence-corrected chi connectivity index (χ4v) is 3.73. The number of sulfonamides is 1. The number of hydrogen-bond acceptors (Lipinski definition) is 10. The summed E-state index contributed by atoms with van der Waals surface area (Å²) in [5.74, 6) is -0.866. The van der Waals surface area contributed by atoms with Gasteiger partial charge < -0.3 is 14.8 Å². The molecule has 1 aromatic carbocycles. The highest BCUT2D eigenvalue weighted by molar-refractivity contribution is 7.92. The van der Waals surface area contributed by atoms with Crippen molar-refractivity contribution in [1.82, 2.24) is 19.7 Å². The van der Waals surface area contributed by atoms with Crippen LogP contribution in [0.15, 0.2) is 47.6 Å². The SMILES string of the molecule is COc1cc(NS(=O)(=O)c2ccc(NC(=O)C(C)Cn3cc([N+](=O)[O-])cn3)cc2)nc(OC)n1. The fraction of sp³-hybridized carbons (Fsp3) is 0.263. The van der Waals surface area contributed by atoms with Gasteiger partial charge in [0.05, 0.1) is 36.5 Å². The summed E-state index contributed by atoms with van der Waals surface area (Å²) < 4.78 is 38.9. The number of carbonyl (C=O) groups is 1. The molecular weight excluding hydrogens is 470 g/mol. The van der Waals surface area contributed by atoms with Gasteiger partial charge in [0.15, 0.2) is 5.82 Å². The number of anilines is 2. The molecule has 34 heavy (non-hydrogen) atoms. The minimum Gasteiger partial charge on any atom is -0.481 e. The third-order valence-electron chi connectivity index (χ3n) is 4.48. The Morgan fingerprint density at radius 2 is 1.91 bits per heavy atom. The molecule has 15 heteroatoms. The van der Waals surface area contributed by atoms with E-state index < -0.39 is 20.9 Å². The van der Waals surface area contributed by atoms with Crippen LogP contribution in [0.4, 0.5) is 17.2 Å². The predicted molar refractivity (Wildman–Crippen MR) is 119 cm³/mol. The van der Waals surface area contributed by atoms with Gasteiger partial charge in [0.25, 0.3) is 10.0 Å². The van der Waals surface area contributed by atoms with Gasteiger partial charge in [-0.1, -0.05) is 6.92 Å². The quantitative estimate of drug-likeness (QED) is 0.313. The Morgan fingerprint density at radius 1 is 1.21 bits per heavy atom. The van der Waals surface area contributed by atoms with Crippen LogP contribution >= 0.6 is 0 Å². The number of amides is 1. The first-order valence-corrected chi connectivity index (χ1v) is 11.2. The largest absolute Gasteiger partial charge is 0.481 e. The number of nitrogens with zero attached hydrogens (tertiary/aromatic N) is 5. The number of nitrogens with one attached hydrogen (secondary N) is 2. The maximum atomic E-state index is 12.7. The molecule has 0 bridgehead atoms. The van der Waals surface area contributed by atoms with E-state index in [0.29, 0.717) is 5.69 Å². The molecular formula is C19H21N7O7S. The van der Waals surface area contributed by atoms with Crippen molar-refractivity contribution >= 4 is 33.1 Å². The summed E-state index contributed by atoms with van der Waals surface area (Å²) in [5.41, 5.74) is 0.199. The molecule has 2 aromatic heterocycles. The summed E-state index contributed by atoms with van der Waals surface area (Å²) in [4.78, 5) is 30.4. The van der Waals surface area contributed by atoms with E-state index in [4.69, 9.17) is 9.47 Å². The van der Waals surface area contributed by atoms with Crippen molar-refractivity contribution in [1.29, 1.82) is 0 Å². The Balaban J connectivity index is 1.65. The van der Waals surface area contributed by atoms with Crippen LogP contribution in [-0.4, -0.2) is 53.2 Å². The van der Waals surface area contributed by atoms with Crippen molar-refractivity contribution in [2.45, 2.75) is 18.4 Å². The van der Waals surface area contributed by atoms with Crippen molar-refractivity contribution in [3.05, 3.63) is 52.8 Å². The maximum Gasteiger partial charge on any atom is 0.321 e. The molecule has 180 valence electrons. The van der Waals surface area contributed by atoms with Crippen molar-refractivity contribution in [2.75, 3.05) is 24.3 Å². The van der Waals surface area contributed by atoms with Gasteiger partial charge in [-0.05, 0) is 24.3 Å². The lowest BCUT2D eigenvalue weighted by Crippen LogP contribution is -2.24. The average Bonchev–Trinajstić information content (AvgIpc) is 3.27. The minimum atomic E-state index is -4.00. The van der Waals surface area contributed by atoms with Gasteiger partial charge in [0, 0.05) is 11.8 Å². The smallest absolute Gasteiger partial charge is 0.321 e. The molecule has 14 nitrogen and oxygen atoms in total. The zero-order chi connectivity index (χ0) is 24.9. The van der Waals surface area contributed by atoms with Gasteiger partial charge in [-0.25, -0.2) is 8.42 Å². The standard InChI is InChI=1S/C19H21N7O7S/c1-12(10-25-11-14(9-20-25)26(28)29)18(27)21-13-4-6-15(7-5-13)34(30,31)24-16-8-17(32-2)23-19(22-16)33-3/h4-9,11-12H,10H2,1-3H3,(H,21,27)(H,22,23,24). The molecule has 0 saturated heterocycles. The van der Waals surface area contributed by atoms with E-state index in [1.54, 1.807) is 6.92 Å². The first-order chi connectivity index (χ1) is 16.1. The van der Waals surface area contributed by atoms with Crippen molar-refractivity contribution < 1.29 is 27.6 Å². The number of nitro groups is 1. The van der Waals surface area contributed by atoms with Crippen LogP contribution in [0.2, 0.25) is 0 Å². The summed E-state index contributed by atoms with van der Waals surface area (Å²) in [6.45, 7) is 1.76. The molecule has 3 aromatic rings. The highest BCUT2D eigenvalue weighted by atomic mass is 32.2. The van der Waals surface area contributed by atoms with Crippen LogP contribution in [0.3, 0.4) is 0 Å². The summed E-state index contributed by atoms with van der Waals surface area (Å²) in [5, 5.41) is 17.3. The van der Waals surface area contributed by atoms with Crippen LogP contribution in [0.25, 0.3) is 0 Å². The molecule has 0 fully saturated rings. The highest BCUT2D eigenvalue weighted by Gasteiger charge is 2.19. The second kappa shape index (κ2) is 10.1. The average molecular weight is 491 g/mol. The second-order valence-electron chi connectivity index (χ2n) is 6.98. The molecule has 0 aliphatic carbocycles. The normalized spacial score (nSPS) is 12.0. The molecule has 0 aliphatic heterocycles. The maximum absolute atomic E-state index is 12.7. The summed E-state index contributed by atoms with van der Waals surface area (Å²) in [7, 11) is -1.30. The minimum absolute atomic E-state index is 0.0474. The lowest BCUT2D eigenvalue weighted by atomic mass is 10.1. The molecule has 0 spiro atoms. The number of rotatable bonds is 10. The number of methoxy groups -OCH3 is 2. The number of carbonyl (C=O) groups excluding carboxylic acids is 1. The van der Waals surface area contributed by atoms with E-state index >= 15 is 0 Å². The highest BCUT2D eigenvalue weighted by Crippen LogP contribution is 2.22. The monoisotopic (exact) mass is 491 g/mol. The molecule has 0 radical (unpaired) electrons. The predicted octanol–water partition coefficient (Wildman–Crippen LogP) is 1.67. The first kappa shape index (κ1) is 24.4. The number of benzene rings is 1. The van der Waals surface area contributed by atoms with Gasteiger partial charge in [-0.3, -0.25) is 24.3 Å². The molecule has 1 atom stereocenters. The molecule has 0 aliphatic rings. The molecule has 0 saturated carbocycles. The number of hydrogen-bond donors (Lipinski definition) is 2. The molecule has 1 amide bonds. The zero-order valence-corrected chi connectivity index (χ0v) is 19.1. The van der Waals surface area contributed by atoms with Crippen LogP contribution in [0, 0.1) is 16.0 Å². The summed E-state index contributed by atoms with van der Waals surface area (Å²) in [6, 6.07) is 6.71. The van der Waals surface area contributed by atoms with E-state index in [0.717, 1.165) is 6.20 Å². The van der Waals surface area contributed by atoms with Crippen LogP contribution in [0.5, 0.6) is 11.9 Å². The zero-order valence-electron chi connectivity index (χ0n) is 18.3. The fourth-order valence-electron chi connectivity index (χ4n) is 2.74. The van der Waals surface area contributed by atoms with Crippen LogP contribution < -0.4 is 19.5 Å². The van der Waals surface area contributed by atoms with Crippen LogP contribution in [-0.2, 0) is 21.4 Å². The molecule has 2 N–H and O–H groups in total. The van der Waals surface area contributed by atoms with Gasteiger partial charge >= 0.3 is 11.7 Å². The second-order valence-corrected chi connectivity index (χ2v) is 8.66. The number of aromatic nitrogens is 4. The summed E-state index contributed by atoms with van der Waals surface area (Å²) in [6.07, 6.45) is 2.34. The third-order valence-corrected chi connectivity index (χ3v) is 5.85. The molecule has 3 rings (SSSR count). The lowest BCUT2D eigenvalue weighted by molar-refractivity contribution is -0.385. The molecule has 2 heterocycles. The molecule has 1 unspecified atom stereocenters. The van der Waals surface area contributed by atoms with Crippen molar-refractivity contribution in [3.8, 4) is 11.9 Å². The summed E-state index contributed by atoms with van der Waals surface area (Å²) >= 11 is 0. The Kier molecular flexibility index (Phi) is 7.25. The Bertz CT molecular complexity index is 1270. The first-order valence-electron chi connectivity index (χ1n) is 9.69. The van der Waals surface area contributed by atoms with E-state index in [1.807, 2.05) is 0 Å². The Morgan fingerprint density at radius 3 is 2.50 bits per heavy atom. The van der Waals surface area contributed by atoms with Gasteiger partial charge in [0.1, 0.15) is 12.4 Å². The number of ether oxygens (including phenoxy) is 2. The van der Waals surface area contributed by atoms with Gasteiger partial charge in [-0.2, -0.15) is 15.1 Å². The van der Waals surface area contributed by atoms with Gasteiger partial charge in [0.2, 0.25) is 11.8 Å². The lowest BCUT2D eigenvalue weighted by Gasteiger charge is -2.13. The van der Waals surface area contributed by atoms with E-state index in [9.17, 15) is 23.3 Å². The van der Waals surface area contributed by atoms with E-state index in [1.165, 1.54) is 55.4 Å².